The molecule has 14 nitrogen and oxygen atoms in total. The highest BCUT2D eigenvalue weighted by Crippen LogP contribution is 2.13. The first-order valence-corrected chi connectivity index (χ1v) is 12.9. The van der Waals surface area contributed by atoms with Crippen LogP contribution in [-0.2, 0) is 32.0 Å². The minimum absolute atomic E-state index is 0.00573. The number of nitrogens with zero attached hydrogens (tertiary/aromatic N) is 1. The van der Waals surface area contributed by atoms with Gasteiger partial charge >= 0.3 is 5.97 Å². The molecule has 12 N–H and O–H groups in total. The Kier molecular flexibility index (Phi) is 12.4. The van der Waals surface area contributed by atoms with E-state index in [9.17, 15) is 34.5 Å². The highest BCUT2D eigenvalue weighted by atomic mass is 16.4. The first kappa shape index (κ1) is 32.4. The third-order valence-electron chi connectivity index (χ3n) is 5.99. The van der Waals surface area contributed by atoms with E-state index >= 15 is 0 Å². The molecule has 41 heavy (non-hydrogen) atoms. The number of aliphatic imine (C=N–C) groups is 1. The number of hydrogen-bond acceptors (Lipinski definition) is 8. The Labute approximate surface area is 237 Å². The van der Waals surface area contributed by atoms with Crippen LogP contribution in [0.3, 0.4) is 0 Å². The van der Waals surface area contributed by atoms with Gasteiger partial charge in [0, 0.05) is 19.4 Å². The molecular formula is C27H37N7O7. The Morgan fingerprint density at radius 1 is 0.756 bits per heavy atom. The van der Waals surface area contributed by atoms with E-state index in [0.717, 1.165) is 0 Å². The van der Waals surface area contributed by atoms with Gasteiger partial charge < -0.3 is 48.5 Å². The number of nitrogens with two attached hydrogens (primary N) is 3. The molecule has 0 aliphatic carbocycles. The summed E-state index contributed by atoms with van der Waals surface area (Å²) in [5.41, 5.74) is 17.5. The van der Waals surface area contributed by atoms with Gasteiger partial charge in [-0.15, -0.1) is 0 Å². The summed E-state index contributed by atoms with van der Waals surface area (Å²) in [7, 11) is 0. The van der Waals surface area contributed by atoms with Gasteiger partial charge in [-0.1, -0.05) is 24.3 Å². The van der Waals surface area contributed by atoms with Gasteiger partial charge in [0.25, 0.3) is 0 Å². The molecule has 0 heterocycles. The average Bonchev–Trinajstić information content (AvgIpc) is 2.91. The van der Waals surface area contributed by atoms with Crippen molar-refractivity contribution >= 4 is 29.7 Å². The molecule has 0 aromatic heterocycles. The number of carbonyl (C=O) groups excluding carboxylic acids is 3. The molecule has 0 aliphatic rings. The first-order chi connectivity index (χ1) is 19.3. The van der Waals surface area contributed by atoms with Crippen molar-refractivity contribution in [3.8, 4) is 11.5 Å². The second kappa shape index (κ2) is 15.7. The molecule has 222 valence electrons. The van der Waals surface area contributed by atoms with E-state index < -0.39 is 47.9 Å². The third kappa shape index (κ3) is 11.4. The minimum Gasteiger partial charge on any atom is -0.508 e. The number of carboxylic acids is 1. The Morgan fingerprint density at radius 3 is 1.66 bits per heavy atom. The lowest BCUT2D eigenvalue weighted by atomic mass is 10.0. The summed E-state index contributed by atoms with van der Waals surface area (Å²) < 4.78 is 0. The zero-order valence-corrected chi connectivity index (χ0v) is 22.6. The van der Waals surface area contributed by atoms with Gasteiger partial charge in [-0.2, -0.15) is 0 Å². The van der Waals surface area contributed by atoms with Gasteiger partial charge in [0.15, 0.2) is 5.96 Å². The van der Waals surface area contributed by atoms with Gasteiger partial charge in [-0.25, -0.2) is 4.79 Å². The summed E-state index contributed by atoms with van der Waals surface area (Å²) in [5.74, 6) is -3.50. The quantitative estimate of drug-likeness (QED) is 0.0702. The van der Waals surface area contributed by atoms with Gasteiger partial charge in [-0.05, 0) is 55.2 Å². The van der Waals surface area contributed by atoms with Crippen LogP contribution in [0, 0.1) is 0 Å². The van der Waals surface area contributed by atoms with Gasteiger partial charge in [-0.3, -0.25) is 19.4 Å². The number of carbonyl (C=O) groups is 4. The molecule has 4 unspecified atom stereocenters. The summed E-state index contributed by atoms with van der Waals surface area (Å²) in [6.07, 6.45) is 0.253. The molecule has 4 atom stereocenters. The van der Waals surface area contributed by atoms with E-state index in [4.69, 9.17) is 17.2 Å². The van der Waals surface area contributed by atoms with Crippen molar-refractivity contribution in [3.05, 3.63) is 59.7 Å². The molecule has 0 aliphatic heterocycles. The molecule has 0 fully saturated rings. The number of phenols is 2. The number of phenolic OH excluding ortho intramolecular Hbond substituents is 2. The predicted octanol–water partition coefficient (Wildman–Crippen LogP) is -1.18. The Morgan fingerprint density at radius 2 is 1.20 bits per heavy atom. The third-order valence-corrected chi connectivity index (χ3v) is 5.99. The van der Waals surface area contributed by atoms with Crippen molar-refractivity contribution in [2.24, 2.45) is 22.2 Å². The second-order valence-electron chi connectivity index (χ2n) is 9.50. The molecule has 2 aromatic carbocycles. The molecule has 3 amide bonds. The summed E-state index contributed by atoms with van der Waals surface area (Å²) in [4.78, 5) is 54.8. The molecular weight excluding hydrogens is 534 g/mol. The van der Waals surface area contributed by atoms with Crippen LogP contribution in [-0.4, -0.2) is 75.7 Å². The number of rotatable bonds is 15. The maximum absolute atomic E-state index is 13.4. The van der Waals surface area contributed by atoms with E-state index in [1.165, 1.54) is 43.3 Å². The highest BCUT2D eigenvalue weighted by molar-refractivity contribution is 5.94. The molecule has 0 spiro atoms. The molecule has 2 rings (SSSR count). The fraction of sp³-hybridized carbons (Fsp3) is 0.370. The molecule has 14 heteroatoms. The number of aromatic hydroxyl groups is 2. The summed E-state index contributed by atoms with van der Waals surface area (Å²) in [6, 6.07) is 7.26. The van der Waals surface area contributed by atoms with E-state index in [-0.39, 0.29) is 49.7 Å². The topological polar surface area (TPSA) is 255 Å². The van der Waals surface area contributed by atoms with E-state index in [0.29, 0.717) is 11.1 Å². The van der Waals surface area contributed by atoms with Crippen LogP contribution < -0.4 is 33.2 Å². The number of nitrogens with one attached hydrogen (secondary N) is 3. The largest absolute Gasteiger partial charge is 0.508 e. The molecule has 0 bridgehead atoms. The van der Waals surface area contributed by atoms with Gasteiger partial charge in [0.05, 0.1) is 6.04 Å². The Hall–Kier alpha value is -4.85. The normalized spacial score (nSPS) is 13.6. The van der Waals surface area contributed by atoms with Crippen LogP contribution in [0.1, 0.15) is 30.9 Å². The van der Waals surface area contributed by atoms with Crippen molar-refractivity contribution in [1.82, 2.24) is 16.0 Å². The maximum Gasteiger partial charge on any atom is 0.326 e. The van der Waals surface area contributed by atoms with E-state index in [2.05, 4.69) is 20.9 Å². The smallest absolute Gasteiger partial charge is 0.326 e. The molecule has 2 aromatic rings. The van der Waals surface area contributed by atoms with Crippen molar-refractivity contribution in [2.75, 3.05) is 6.54 Å². The number of guanidine groups is 1. The minimum atomic E-state index is -1.34. The van der Waals surface area contributed by atoms with Crippen LogP contribution >= 0.6 is 0 Å². The zero-order chi connectivity index (χ0) is 30.5. The van der Waals surface area contributed by atoms with Crippen LogP contribution in [0.25, 0.3) is 0 Å². The maximum atomic E-state index is 13.4. The molecule has 0 radical (unpaired) electrons. The van der Waals surface area contributed by atoms with Crippen LogP contribution in [0.5, 0.6) is 11.5 Å². The lowest BCUT2D eigenvalue weighted by molar-refractivity contribution is -0.142. The number of aliphatic carboxylic acids is 1. The number of hydrogen-bond donors (Lipinski definition) is 9. The lowest BCUT2D eigenvalue weighted by Crippen LogP contribution is -2.57. The molecule has 0 saturated heterocycles. The predicted molar refractivity (Wildman–Crippen MR) is 151 cm³/mol. The summed E-state index contributed by atoms with van der Waals surface area (Å²) in [6.45, 7) is 1.60. The monoisotopic (exact) mass is 571 g/mol. The van der Waals surface area contributed by atoms with Crippen molar-refractivity contribution < 1.29 is 34.5 Å². The van der Waals surface area contributed by atoms with Crippen LogP contribution in [0.4, 0.5) is 0 Å². The lowest BCUT2D eigenvalue weighted by Gasteiger charge is -2.25. The standard InChI is InChI=1S/C27H37N7O7/c1-15(28)23(37)33-21(13-16-4-8-18(35)9-5-16)25(39)32-20(3-2-12-31-27(29)30)24(38)34-22(26(40)41)14-17-6-10-19(36)11-7-17/h4-11,15,20-22,35-36H,2-3,12-14,28H2,1H3,(H,32,39)(H,33,37)(H,34,38)(H,40,41)(H4,29,30,31). The SMILES string of the molecule is CC(N)C(=O)NC(Cc1ccc(O)cc1)C(=O)NC(CCCN=C(N)N)C(=O)NC(Cc1ccc(O)cc1)C(=O)O. The van der Waals surface area contributed by atoms with Crippen molar-refractivity contribution in [1.29, 1.82) is 0 Å². The second-order valence-corrected chi connectivity index (χ2v) is 9.50. The van der Waals surface area contributed by atoms with Crippen LogP contribution in [0.15, 0.2) is 53.5 Å². The summed E-state index contributed by atoms with van der Waals surface area (Å²) >= 11 is 0. The highest BCUT2D eigenvalue weighted by Gasteiger charge is 2.30. The Bertz CT molecular complexity index is 1210. The van der Waals surface area contributed by atoms with E-state index in [1.807, 2.05) is 0 Å². The van der Waals surface area contributed by atoms with Gasteiger partial charge in [0.1, 0.15) is 29.6 Å². The number of carboxylic acid groups (broad SMARTS) is 1. The fourth-order valence-corrected chi connectivity index (χ4v) is 3.76. The number of benzene rings is 2. The average molecular weight is 572 g/mol. The van der Waals surface area contributed by atoms with Crippen molar-refractivity contribution in [2.45, 2.75) is 56.8 Å². The number of amides is 3. The first-order valence-electron chi connectivity index (χ1n) is 12.9. The van der Waals surface area contributed by atoms with Crippen molar-refractivity contribution in [3.63, 3.8) is 0 Å². The Balaban J connectivity index is 2.25. The molecule has 0 saturated carbocycles. The fourth-order valence-electron chi connectivity index (χ4n) is 3.76. The van der Waals surface area contributed by atoms with Crippen LogP contribution in [0.2, 0.25) is 0 Å². The summed E-state index contributed by atoms with van der Waals surface area (Å²) in [5, 5.41) is 36.4. The van der Waals surface area contributed by atoms with E-state index in [1.54, 1.807) is 12.1 Å². The van der Waals surface area contributed by atoms with Gasteiger partial charge in [0.2, 0.25) is 17.7 Å². The zero-order valence-electron chi connectivity index (χ0n) is 22.6.